The first kappa shape index (κ1) is 9.88. The zero-order valence-electron chi connectivity index (χ0n) is 6.64. The highest BCUT2D eigenvalue weighted by Crippen LogP contribution is 2.25. The summed E-state index contributed by atoms with van der Waals surface area (Å²) in [4.78, 5) is 11.0. The Hall–Kier alpha value is -1.20. The van der Waals surface area contributed by atoms with E-state index in [1.807, 2.05) is 0 Å². The van der Waals surface area contributed by atoms with Gasteiger partial charge in [-0.05, 0) is 12.1 Å². The first-order valence-electron chi connectivity index (χ1n) is 3.52. The molecule has 0 aromatic heterocycles. The second kappa shape index (κ2) is 3.68. The Kier molecular flexibility index (Phi) is 2.79. The van der Waals surface area contributed by atoms with E-state index in [2.05, 4.69) is 12.6 Å². The lowest BCUT2D eigenvalue weighted by Crippen LogP contribution is -2.20. The van der Waals surface area contributed by atoms with Gasteiger partial charge in [-0.2, -0.15) is 0 Å². The largest absolute Gasteiger partial charge is 0.508 e. The lowest BCUT2D eigenvalue weighted by molar-refractivity contribution is -0.138. The number of carboxylic acids is 1. The van der Waals surface area contributed by atoms with E-state index in [9.17, 15) is 9.90 Å². The van der Waals surface area contributed by atoms with Gasteiger partial charge in [0.1, 0.15) is 11.8 Å². The van der Waals surface area contributed by atoms with Gasteiger partial charge in [-0.1, -0.05) is 6.07 Å². The Morgan fingerprint density at radius 3 is 2.62 bits per heavy atom. The third-order valence-corrected chi connectivity index (χ3v) is 1.89. The topological polar surface area (TPSA) is 83.6 Å². The van der Waals surface area contributed by atoms with Crippen molar-refractivity contribution in [3.63, 3.8) is 0 Å². The van der Waals surface area contributed by atoms with Crippen LogP contribution in [0.5, 0.6) is 5.75 Å². The fourth-order valence-electron chi connectivity index (χ4n) is 0.928. The molecule has 4 nitrogen and oxygen atoms in total. The highest BCUT2D eigenvalue weighted by molar-refractivity contribution is 7.80. The van der Waals surface area contributed by atoms with Crippen molar-refractivity contribution in [2.75, 3.05) is 0 Å². The van der Waals surface area contributed by atoms with Crippen LogP contribution < -0.4 is 5.73 Å². The van der Waals surface area contributed by atoms with Crippen LogP contribution in [0.1, 0.15) is 11.6 Å². The average Bonchev–Trinajstić information content (AvgIpc) is 2.03. The van der Waals surface area contributed by atoms with E-state index in [0.29, 0.717) is 4.90 Å². The van der Waals surface area contributed by atoms with E-state index < -0.39 is 12.0 Å². The molecule has 5 heteroatoms. The number of carbonyl (C=O) groups is 1. The summed E-state index contributed by atoms with van der Waals surface area (Å²) < 4.78 is 0. The molecule has 0 aliphatic carbocycles. The molecule has 0 saturated heterocycles. The van der Waals surface area contributed by atoms with Gasteiger partial charge in [0, 0.05) is 10.5 Å². The number of benzene rings is 1. The highest BCUT2D eigenvalue weighted by atomic mass is 32.1. The van der Waals surface area contributed by atoms with Gasteiger partial charge in [0.2, 0.25) is 0 Å². The average molecular weight is 199 g/mol. The number of phenolic OH excluding ortho intramolecular Hbond substituents is 1. The van der Waals surface area contributed by atoms with Crippen LogP contribution in [0.25, 0.3) is 0 Å². The molecule has 4 N–H and O–H groups in total. The van der Waals surface area contributed by atoms with Gasteiger partial charge >= 0.3 is 5.97 Å². The summed E-state index contributed by atoms with van der Waals surface area (Å²) in [6.45, 7) is 0. The van der Waals surface area contributed by atoms with E-state index >= 15 is 0 Å². The number of aliphatic carboxylic acids is 1. The molecule has 70 valence electrons. The predicted octanol–water partition coefficient (Wildman–Crippen LogP) is 0.765. The van der Waals surface area contributed by atoms with Crippen LogP contribution in [-0.4, -0.2) is 16.2 Å². The van der Waals surface area contributed by atoms with Crippen molar-refractivity contribution in [1.82, 2.24) is 0 Å². The van der Waals surface area contributed by atoms with E-state index in [1.165, 1.54) is 12.1 Å². The van der Waals surface area contributed by atoms with Crippen LogP contribution in [0.3, 0.4) is 0 Å². The minimum Gasteiger partial charge on any atom is -0.508 e. The molecule has 13 heavy (non-hydrogen) atoms. The molecule has 0 radical (unpaired) electrons. The van der Waals surface area contributed by atoms with Crippen LogP contribution in [-0.2, 0) is 4.79 Å². The zero-order chi connectivity index (χ0) is 10.0. The van der Waals surface area contributed by atoms with E-state index in [0.717, 1.165) is 0 Å². The Labute approximate surface area is 80.4 Å². The van der Waals surface area contributed by atoms with Crippen molar-refractivity contribution in [3.05, 3.63) is 23.8 Å². The molecular weight excluding hydrogens is 190 g/mol. The standard InChI is InChI=1S/C8H9NO3S/c9-7(8(11)12)5-2-1-4(13)3-6(5)10/h1-3,7,10,13H,9H2,(H,11,12)/t7-/m1/s1. The number of hydrogen-bond acceptors (Lipinski definition) is 4. The summed E-state index contributed by atoms with van der Waals surface area (Å²) in [6.07, 6.45) is 0. The number of aromatic hydroxyl groups is 1. The number of hydrogen-bond donors (Lipinski definition) is 4. The van der Waals surface area contributed by atoms with Crippen LogP contribution in [0.15, 0.2) is 23.1 Å². The summed E-state index contributed by atoms with van der Waals surface area (Å²) in [5.74, 6) is -1.33. The van der Waals surface area contributed by atoms with Gasteiger partial charge in [0.25, 0.3) is 0 Å². The van der Waals surface area contributed by atoms with Crippen molar-refractivity contribution >= 4 is 18.6 Å². The molecular formula is C8H9NO3S. The molecule has 0 aliphatic rings. The van der Waals surface area contributed by atoms with Crippen molar-refractivity contribution in [1.29, 1.82) is 0 Å². The zero-order valence-corrected chi connectivity index (χ0v) is 7.53. The summed E-state index contributed by atoms with van der Waals surface area (Å²) >= 11 is 3.97. The summed E-state index contributed by atoms with van der Waals surface area (Å²) in [6, 6.07) is 3.16. The summed E-state index contributed by atoms with van der Waals surface area (Å²) in [5.41, 5.74) is 5.49. The highest BCUT2D eigenvalue weighted by Gasteiger charge is 2.17. The van der Waals surface area contributed by atoms with Crippen LogP contribution in [0.4, 0.5) is 0 Å². The molecule has 1 aromatic rings. The molecule has 0 fully saturated rings. The fraction of sp³-hybridized carbons (Fsp3) is 0.125. The predicted molar refractivity (Wildman–Crippen MR) is 49.9 cm³/mol. The first-order valence-corrected chi connectivity index (χ1v) is 3.97. The maximum atomic E-state index is 10.5. The Balaban J connectivity index is 3.08. The molecule has 0 bridgehead atoms. The summed E-state index contributed by atoms with van der Waals surface area (Å²) in [7, 11) is 0. The number of phenols is 1. The van der Waals surface area contributed by atoms with Crippen LogP contribution >= 0.6 is 12.6 Å². The van der Waals surface area contributed by atoms with Gasteiger partial charge in [-0.3, -0.25) is 4.79 Å². The fourth-order valence-corrected chi connectivity index (χ4v) is 1.12. The van der Waals surface area contributed by atoms with E-state index in [-0.39, 0.29) is 11.3 Å². The minimum atomic E-state index is -1.20. The maximum absolute atomic E-state index is 10.5. The number of nitrogens with two attached hydrogens (primary N) is 1. The molecule has 0 heterocycles. The van der Waals surface area contributed by atoms with Gasteiger partial charge < -0.3 is 15.9 Å². The SMILES string of the molecule is N[C@@H](C(=O)O)c1ccc(S)cc1O. The van der Waals surface area contributed by atoms with Gasteiger partial charge in [0.05, 0.1) is 0 Å². The quantitative estimate of drug-likeness (QED) is 0.530. The van der Waals surface area contributed by atoms with Crippen LogP contribution in [0.2, 0.25) is 0 Å². The monoisotopic (exact) mass is 199 g/mol. The van der Waals surface area contributed by atoms with E-state index in [1.54, 1.807) is 6.07 Å². The Bertz CT molecular complexity index is 340. The number of carboxylic acid groups (broad SMARTS) is 1. The molecule has 0 unspecified atom stereocenters. The molecule has 0 amide bonds. The van der Waals surface area contributed by atoms with Gasteiger partial charge in [0.15, 0.2) is 0 Å². The molecule has 1 aromatic carbocycles. The molecule has 1 rings (SSSR count). The third-order valence-electron chi connectivity index (χ3n) is 1.62. The van der Waals surface area contributed by atoms with Crippen molar-refractivity contribution < 1.29 is 15.0 Å². The Morgan fingerprint density at radius 2 is 2.15 bits per heavy atom. The smallest absolute Gasteiger partial charge is 0.325 e. The summed E-state index contributed by atoms with van der Waals surface area (Å²) in [5, 5.41) is 17.9. The third kappa shape index (κ3) is 2.13. The number of rotatable bonds is 2. The molecule has 0 aliphatic heterocycles. The van der Waals surface area contributed by atoms with Crippen molar-refractivity contribution in [2.45, 2.75) is 10.9 Å². The minimum absolute atomic E-state index is 0.151. The maximum Gasteiger partial charge on any atom is 0.325 e. The van der Waals surface area contributed by atoms with Gasteiger partial charge in [-0.25, -0.2) is 0 Å². The first-order chi connectivity index (χ1) is 6.02. The lowest BCUT2D eigenvalue weighted by atomic mass is 10.1. The van der Waals surface area contributed by atoms with Crippen molar-refractivity contribution in [3.8, 4) is 5.75 Å². The number of thiol groups is 1. The normalized spacial score (nSPS) is 12.5. The van der Waals surface area contributed by atoms with Gasteiger partial charge in [-0.15, -0.1) is 12.6 Å². The molecule has 1 atom stereocenters. The van der Waals surface area contributed by atoms with Crippen LogP contribution in [0, 0.1) is 0 Å². The van der Waals surface area contributed by atoms with Crippen molar-refractivity contribution in [2.24, 2.45) is 5.73 Å². The lowest BCUT2D eigenvalue weighted by Gasteiger charge is -2.08. The second-order valence-corrected chi connectivity index (χ2v) is 3.08. The van der Waals surface area contributed by atoms with E-state index in [4.69, 9.17) is 10.8 Å². The Morgan fingerprint density at radius 1 is 1.54 bits per heavy atom. The second-order valence-electron chi connectivity index (χ2n) is 2.56. The molecule has 0 saturated carbocycles. The molecule has 0 spiro atoms.